The molecule has 0 aromatic carbocycles. The molecular formula is C11H22O4. The number of carbonyl (C=O) groups excluding carboxylic acids is 1. The Morgan fingerprint density at radius 2 is 1.93 bits per heavy atom. The molecule has 0 aliphatic carbocycles. The molecular weight excluding hydrogens is 196 g/mol. The summed E-state index contributed by atoms with van der Waals surface area (Å²) in [5.41, 5.74) is -0.479. The van der Waals surface area contributed by atoms with E-state index < -0.39 is 5.60 Å². The van der Waals surface area contributed by atoms with Crippen LogP contribution in [-0.2, 0) is 19.6 Å². The maximum atomic E-state index is 11.3. The molecule has 90 valence electrons. The first-order valence-electron chi connectivity index (χ1n) is 5.43. The third-order valence-corrected chi connectivity index (χ3v) is 1.79. The minimum atomic E-state index is -0.479. The summed E-state index contributed by atoms with van der Waals surface area (Å²) in [6.07, 6.45) is 2.89. The lowest BCUT2D eigenvalue weighted by Crippen LogP contribution is -2.22. The van der Waals surface area contributed by atoms with Crippen molar-refractivity contribution in [2.45, 2.75) is 59.5 Å². The van der Waals surface area contributed by atoms with Crippen molar-refractivity contribution < 1.29 is 19.6 Å². The molecule has 0 rings (SSSR count). The zero-order valence-corrected chi connectivity index (χ0v) is 10.3. The average Bonchev–Trinajstić information content (AvgIpc) is 2.11. The molecule has 1 unspecified atom stereocenters. The van der Waals surface area contributed by atoms with Crippen molar-refractivity contribution in [2.24, 2.45) is 5.92 Å². The first kappa shape index (κ1) is 14.4. The van der Waals surface area contributed by atoms with Crippen LogP contribution in [0, 0.1) is 5.92 Å². The molecule has 0 aromatic heterocycles. The Bertz CT molecular complexity index is 184. The predicted octanol–water partition coefficient (Wildman–Crippen LogP) is 3.02. The highest BCUT2D eigenvalue weighted by molar-refractivity contribution is 5.71. The summed E-state index contributed by atoms with van der Waals surface area (Å²) >= 11 is 0. The lowest BCUT2D eigenvalue weighted by Gasteiger charge is -2.16. The normalized spacial score (nSPS) is 13.7. The fraction of sp³-hybridized carbons (Fsp3) is 0.909. The van der Waals surface area contributed by atoms with Crippen molar-refractivity contribution in [3.8, 4) is 0 Å². The third-order valence-electron chi connectivity index (χ3n) is 1.79. The first-order valence-corrected chi connectivity index (χ1v) is 5.43. The van der Waals surface area contributed by atoms with Crippen LogP contribution in [0.25, 0.3) is 0 Å². The van der Waals surface area contributed by atoms with Gasteiger partial charge in [-0.1, -0.05) is 26.7 Å². The van der Waals surface area contributed by atoms with Gasteiger partial charge in [0.1, 0.15) is 0 Å². The van der Waals surface area contributed by atoms with Gasteiger partial charge in [-0.3, -0.25) is 4.89 Å². The molecule has 0 heterocycles. The maximum absolute atomic E-state index is 11.3. The first-order chi connectivity index (χ1) is 6.87. The zero-order chi connectivity index (χ0) is 11.9. The molecule has 0 aromatic rings. The molecule has 4 nitrogen and oxygen atoms in total. The molecule has 0 saturated carbocycles. The summed E-state index contributed by atoms with van der Waals surface area (Å²) in [6, 6.07) is 0. The molecule has 0 spiro atoms. The molecule has 0 N–H and O–H groups in total. The average molecular weight is 218 g/mol. The van der Waals surface area contributed by atoms with E-state index >= 15 is 0 Å². The standard InChI is InChI=1S/C11H22O4/c1-6-7-8-9(2)10(12)13-15-14-11(3,4)5/h9H,6-8H2,1-5H3. The summed E-state index contributed by atoms with van der Waals surface area (Å²) in [5, 5.41) is 4.41. The number of hydrogen-bond donors (Lipinski definition) is 0. The van der Waals surface area contributed by atoms with Crippen LogP contribution in [0.2, 0.25) is 0 Å². The van der Waals surface area contributed by atoms with Gasteiger partial charge in [0.2, 0.25) is 0 Å². The van der Waals surface area contributed by atoms with Gasteiger partial charge in [-0.25, -0.2) is 4.79 Å². The fourth-order valence-corrected chi connectivity index (χ4v) is 0.863. The van der Waals surface area contributed by atoms with Gasteiger partial charge in [0.05, 0.1) is 11.5 Å². The fourth-order valence-electron chi connectivity index (χ4n) is 0.863. The van der Waals surface area contributed by atoms with Gasteiger partial charge in [-0.2, -0.15) is 4.89 Å². The highest BCUT2D eigenvalue weighted by Crippen LogP contribution is 2.12. The van der Waals surface area contributed by atoms with Gasteiger partial charge < -0.3 is 0 Å². The van der Waals surface area contributed by atoms with Crippen molar-refractivity contribution in [2.75, 3.05) is 0 Å². The van der Waals surface area contributed by atoms with E-state index in [0.29, 0.717) is 0 Å². The van der Waals surface area contributed by atoms with Gasteiger partial charge >= 0.3 is 5.97 Å². The SMILES string of the molecule is CCCCC(C)C(=O)OOOC(C)(C)C. The second kappa shape index (κ2) is 6.80. The van der Waals surface area contributed by atoms with Gasteiger partial charge in [0.25, 0.3) is 0 Å². The van der Waals surface area contributed by atoms with Crippen LogP contribution in [0.15, 0.2) is 0 Å². The van der Waals surface area contributed by atoms with E-state index in [-0.39, 0.29) is 11.9 Å². The van der Waals surface area contributed by atoms with Gasteiger partial charge in [-0.05, 0) is 32.2 Å². The topological polar surface area (TPSA) is 44.8 Å². The molecule has 4 heteroatoms. The number of carbonyl (C=O) groups is 1. The van der Waals surface area contributed by atoms with Crippen molar-refractivity contribution >= 4 is 5.97 Å². The lowest BCUT2D eigenvalue weighted by molar-refractivity contribution is -0.515. The van der Waals surface area contributed by atoms with Crippen LogP contribution in [0.3, 0.4) is 0 Å². The Kier molecular flexibility index (Phi) is 6.52. The summed E-state index contributed by atoms with van der Waals surface area (Å²) in [6.45, 7) is 9.32. The molecule has 0 radical (unpaired) electrons. The quantitative estimate of drug-likeness (QED) is 0.508. The second-order valence-corrected chi connectivity index (χ2v) is 4.71. The summed E-state index contributed by atoms with van der Waals surface area (Å²) in [7, 11) is 0. The van der Waals surface area contributed by atoms with Crippen LogP contribution < -0.4 is 0 Å². The van der Waals surface area contributed by atoms with Gasteiger partial charge in [-0.15, -0.1) is 0 Å². The van der Waals surface area contributed by atoms with Gasteiger partial charge in [0, 0.05) is 0 Å². The molecule has 15 heavy (non-hydrogen) atoms. The van der Waals surface area contributed by atoms with Crippen LogP contribution in [-0.4, -0.2) is 11.6 Å². The van der Waals surface area contributed by atoms with E-state index in [0.717, 1.165) is 19.3 Å². The Balaban J connectivity index is 3.64. The molecule has 1 atom stereocenters. The molecule has 0 saturated heterocycles. The van der Waals surface area contributed by atoms with E-state index in [1.807, 2.05) is 6.92 Å². The maximum Gasteiger partial charge on any atom is 0.348 e. The Morgan fingerprint density at radius 1 is 1.33 bits per heavy atom. The number of hydrogen-bond acceptors (Lipinski definition) is 4. The van der Waals surface area contributed by atoms with Crippen molar-refractivity contribution in [3.05, 3.63) is 0 Å². The van der Waals surface area contributed by atoms with E-state index in [1.54, 1.807) is 20.8 Å². The minimum absolute atomic E-state index is 0.145. The lowest BCUT2D eigenvalue weighted by atomic mass is 10.1. The molecule has 0 aliphatic rings. The van der Waals surface area contributed by atoms with Crippen molar-refractivity contribution in [1.29, 1.82) is 0 Å². The third kappa shape index (κ3) is 8.39. The van der Waals surface area contributed by atoms with Gasteiger partial charge in [0.15, 0.2) is 0 Å². The summed E-state index contributed by atoms with van der Waals surface area (Å²) in [4.78, 5) is 20.6. The monoisotopic (exact) mass is 218 g/mol. The number of unbranched alkanes of at least 4 members (excludes halogenated alkanes) is 1. The van der Waals surface area contributed by atoms with Crippen LogP contribution in [0.1, 0.15) is 53.9 Å². The molecule has 0 bridgehead atoms. The van der Waals surface area contributed by atoms with E-state index in [1.165, 1.54) is 0 Å². The molecule has 0 amide bonds. The Labute approximate surface area is 91.7 Å². The predicted molar refractivity (Wildman–Crippen MR) is 56.7 cm³/mol. The van der Waals surface area contributed by atoms with Crippen molar-refractivity contribution in [3.63, 3.8) is 0 Å². The van der Waals surface area contributed by atoms with Crippen LogP contribution in [0.5, 0.6) is 0 Å². The summed E-state index contributed by atoms with van der Waals surface area (Å²) in [5.74, 6) is -0.527. The van der Waals surface area contributed by atoms with E-state index in [2.05, 4.69) is 16.8 Å². The highest BCUT2D eigenvalue weighted by Gasteiger charge is 2.18. The molecule has 0 aliphatic heterocycles. The largest absolute Gasteiger partial charge is 0.348 e. The van der Waals surface area contributed by atoms with E-state index in [9.17, 15) is 4.79 Å². The molecule has 0 fully saturated rings. The number of rotatable bonds is 6. The smallest absolute Gasteiger partial charge is 0.269 e. The van der Waals surface area contributed by atoms with Crippen LogP contribution in [0.4, 0.5) is 0 Å². The Morgan fingerprint density at radius 3 is 2.40 bits per heavy atom. The zero-order valence-electron chi connectivity index (χ0n) is 10.3. The highest BCUT2D eigenvalue weighted by atomic mass is 17.5. The minimum Gasteiger partial charge on any atom is -0.269 e. The Hall–Kier alpha value is -0.610. The van der Waals surface area contributed by atoms with E-state index in [4.69, 9.17) is 4.89 Å². The second-order valence-electron chi connectivity index (χ2n) is 4.71. The van der Waals surface area contributed by atoms with Crippen molar-refractivity contribution in [1.82, 2.24) is 0 Å². The summed E-state index contributed by atoms with van der Waals surface area (Å²) < 4.78 is 0. The van der Waals surface area contributed by atoms with Crippen LogP contribution >= 0.6 is 0 Å².